The van der Waals surface area contributed by atoms with Gasteiger partial charge in [-0.3, -0.25) is 4.79 Å². The van der Waals surface area contributed by atoms with Crippen LogP contribution in [0.3, 0.4) is 0 Å². The molecular weight excluding hydrogens is 289 g/mol. The molecule has 0 saturated carbocycles. The molecule has 0 unspecified atom stereocenters. The number of halogens is 1. The van der Waals surface area contributed by atoms with Crippen molar-refractivity contribution in [3.8, 4) is 11.4 Å². The van der Waals surface area contributed by atoms with Crippen LogP contribution >= 0.6 is 0 Å². The maximum Gasteiger partial charge on any atom is 0.226 e. The van der Waals surface area contributed by atoms with Crippen LogP contribution in [0.4, 0.5) is 4.39 Å². The van der Waals surface area contributed by atoms with Crippen LogP contribution in [-0.4, -0.2) is 34.3 Å². The fraction of sp³-hybridized carbons (Fsp3) is 0.400. The number of carbonyl (C=O) groups excluding carboxylic acids is 1. The van der Waals surface area contributed by atoms with Gasteiger partial charge < -0.3 is 14.9 Å². The van der Waals surface area contributed by atoms with Crippen molar-refractivity contribution in [2.45, 2.75) is 25.7 Å². The van der Waals surface area contributed by atoms with E-state index in [4.69, 9.17) is 9.63 Å². The van der Waals surface area contributed by atoms with Crippen LogP contribution < -0.4 is 5.32 Å². The topological polar surface area (TPSA) is 88.2 Å². The number of aliphatic hydroxyl groups is 1. The number of amides is 1. The smallest absolute Gasteiger partial charge is 0.226 e. The minimum Gasteiger partial charge on any atom is -0.396 e. The molecule has 0 saturated heterocycles. The molecule has 0 bridgehead atoms. The van der Waals surface area contributed by atoms with Gasteiger partial charge in [-0.25, -0.2) is 4.39 Å². The van der Waals surface area contributed by atoms with Gasteiger partial charge in [0.05, 0.1) is 0 Å². The van der Waals surface area contributed by atoms with Crippen LogP contribution in [0.25, 0.3) is 11.4 Å². The Morgan fingerprint density at radius 2 is 2.05 bits per heavy atom. The number of carbonyl (C=O) groups is 1. The van der Waals surface area contributed by atoms with Crippen LogP contribution in [0.2, 0.25) is 0 Å². The SMILES string of the molecule is O=C(CCCc1nc(-c2ccc(F)cc2)no1)NCCCO. The number of aromatic nitrogens is 2. The first kappa shape index (κ1) is 16.1. The summed E-state index contributed by atoms with van der Waals surface area (Å²) in [7, 11) is 0. The molecule has 1 heterocycles. The van der Waals surface area contributed by atoms with Gasteiger partial charge in [0.1, 0.15) is 5.82 Å². The van der Waals surface area contributed by atoms with Crippen molar-refractivity contribution in [2.24, 2.45) is 0 Å². The summed E-state index contributed by atoms with van der Waals surface area (Å²) in [5, 5.41) is 15.2. The molecule has 0 atom stereocenters. The lowest BCUT2D eigenvalue weighted by Crippen LogP contribution is -2.24. The summed E-state index contributed by atoms with van der Waals surface area (Å²) in [6.45, 7) is 0.541. The summed E-state index contributed by atoms with van der Waals surface area (Å²) in [5.41, 5.74) is 0.679. The molecule has 0 radical (unpaired) electrons. The summed E-state index contributed by atoms with van der Waals surface area (Å²) >= 11 is 0. The Morgan fingerprint density at radius 1 is 1.27 bits per heavy atom. The molecule has 0 aliphatic heterocycles. The van der Waals surface area contributed by atoms with Gasteiger partial charge in [-0.15, -0.1) is 0 Å². The quantitative estimate of drug-likeness (QED) is 0.725. The molecule has 6 nitrogen and oxygen atoms in total. The fourth-order valence-corrected chi connectivity index (χ4v) is 1.87. The second-order valence-electron chi connectivity index (χ2n) is 4.80. The van der Waals surface area contributed by atoms with Gasteiger partial charge in [0.2, 0.25) is 17.6 Å². The van der Waals surface area contributed by atoms with Gasteiger partial charge in [0.25, 0.3) is 0 Å². The van der Waals surface area contributed by atoms with E-state index < -0.39 is 0 Å². The number of nitrogens with zero attached hydrogens (tertiary/aromatic N) is 2. The average Bonchev–Trinajstić information content (AvgIpc) is 2.97. The number of aliphatic hydroxyl groups excluding tert-OH is 1. The molecular formula is C15H18FN3O3. The van der Waals surface area contributed by atoms with E-state index in [1.165, 1.54) is 12.1 Å². The first-order valence-electron chi connectivity index (χ1n) is 7.15. The summed E-state index contributed by atoms with van der Waals surface area (Å²) in [6, 6.07) is 5.83. The Bertz CT molecular complexity index is 598. The minimum atomic E-state index is -0.320. The molecule has 1 amide bonds. The molecule has 0 aliphatic rings. The molecule has 0 aliphatic carbocycles. The molecule has 1 aromatic heterocycles. The molecule has 2 N–H and O–H groups in total. The highest BCUT2D eigenvalue weighted by molar-refractivity contribution is 5.75. The predicted octanol–water partition coefficient (Wildman–Crippen LogP) is 1.70. The first-order chi connectivity index (χ1) is 10.7. The third kappa shape index (κ3) is 4.92. The lowest BCUT2D eigenvalue weighted by Gasteiger charge is -2.02. The van der Waals surface area contributed by atoms with Crippen molar-refractivity contribution < 1.29 is 18.8 Å². The zero-order valence-corrected chi connectivity index (χ0v) is 12.1. The largest absolute Gasteiger partial charge is 0.396 e. The van der Waals surface area contributed by atoms with Crippen molar-refractivity contribution in [3.05, 3.63) is 36.0 Å². The van der Waals surface area contributed by atoms with E-state index in [2.05, 4.69) is 15.5 Å². The summed E-state index contributed by atoms with van der Waals surface area (Å²) in [4.78, 5) is 15.7. The van der Waals surface area contributed by atoms with Crippen LogP contribution in [0.1, 0.15) is 25.2 Å². The predicted molar refractivity (Wildman–Crippen MR) is 77.3 cm³/mol. The van der Waals surface area contributed by atoms with E-state index in [1.54, 1.807) is 12.1 Å². The minimum absolute atomic E-state index is 0.0632. The number of nitrogens with one attached hydrogen (secondary N) is 1. The van der Waals surface area contributed by atoms with E-state index in [0.717, 1.165) is 0 Å². The number of benzene rings is 1. The number of hydrogen-bond donors (Lipinski definition) is 2. The van der Waals surface area contributed by atoms with Crippen molar-refractivity contribution in [3.63, 3.8) is 0 Å². The summed E-state index contributed by atoms with van der Waals surface area (Å²) in [6.07, 6.45) is 2.01. The Hall–Kier alpha value is -2.28. The highest BCUT2D eigenvalue weighted by Gasteiger charge is 2.09. The fourth-order valence-electron chi connectivity index (χ4n) is 1.87. The van der Waals surface area contributed by atoms with E-state index >= 15 is 0 Å². The van der Waals surface area contributed by atoms with Gasteiger partial charge in [-0.1, -0.05) is 5.16 Å². The van der Waals surface area contributed by atoms with E-state index in [-0.39, 0.29) is 18.3 Å². The first-order valence-corrected chi connectivity index (χ1v) is 7.15. The van der Waals surface area contributed by atoms with Crippen molar-refractivity contribution in [1.29, 1.82) is 0 Å². The van der Waals surface area contributed by atoms with E-state index in [0.29, 0.717) is 49.5 Å². The second kappa shape index (κ2) is 8.23. The maximum atomic E-state index is 12.8. The molecule has 118 valence electrons. The third-order valence-electron chi connectivity index (χ3n) is 3.02. The number of aryl methyl sites for hydroxylation is 1. The average molecular weight is 307 g/mol. The Balaban J connectivity index is 1.78. The Kier molecular flexibility index (Phi) is 6.02. The molecule has 22 heavy (non-hydrogen) atoms. The summed E-state index contributed by atoms with van der Waals surface area (Å²) < 4.78 is 18.0. The van der Waals surface area contributed by atoms with Crippen LogP contribution in [0.5, 0.6) is 0 Å². The lowest BCUT2D eigenvalue weighted by atomic mass is 10.2. The monoisotopic (exact) mass is 307 g/mol. The molecule has 0 spiro atoms. The third-order valence-corrected chi connectivity index (χ3v) is 3.02. The van der Waals surface area contributed by atoms with Gasteiger partial charge >= 0.3 is 0 Å². The highest BCUT2D eigenvalue weighted by atomic mass is 19.1. The van der Waals surface area contributed by atoms with Crippen LogP contribution in [0.15, 0.2) is 28.8 Å². The van der Waals surface area contributed by atoms with Gasteiger partial charge in [-0.2, -0.15) is 4.98 Å². The van der Waals surface area contributed by atoms with E-state index in [9.17, 15) is 9.18 Å². The molecule has 2 aromatic rings. The molecule has 1 aromatic carbocycles. The van der Waals surface area contributed by atoms with Gasteiger partial charge in [0.15, 0.2) is 0 Å². The Labute approximate surface area is 127 Å². The second-order valence-corrected chi connectivity index (χ2v) is 4.80. The van der Waals surface area contributed by atoms with Crippen molar-refractivity contribution >= 4 is 5.91 Å². The maximum absolute atomic E-state index is 12.8. The summed E-state index contributed by atoms with van der Waals surface area (Å²) in [5.74, 6) is 0.469. The zero-order valence-electron chi connectivity index (χ0n) is 12.1. The molecule has 2 rings (SSSR count). The standard InChI is InChI=1S/C15H18FN3O3/c16-12-7-5-11(6-8-12)15-18-14(22-19-15)4-1-3-13(21)17-9-2-10-20/h5-8,20H,1-4,9-10H2,(H,17,21). The van der Waals surface area contributed by atoms with Crippen LogP contribution in [0, 0.1) is 5.82 Å². The van der Waals surface area contributed by atoms with Crippen molar-refractivity contribution in [2.75, 3.05) is 13.2 Å². The Morgan fingerprint density at radius 3 is 2.77 bits per heavy atom. The van der Waals surface area contributed by atoms with Crippen molar-refractivity contribution in [1.82, 2.24) is 15.5 Å². The lowest BCUT2D eigenvalue weighted by molar-refractivity contribution is -0.121. The molecule has 0 fully saturated rings. The number of rotatable bonds is 8. The van der Waals surface area contributed by atoms with Gasteiger partial charge in [-0.05, 0) is 37.1 Å². The highest BCUT2D eigenvalue weighted by Crippen LogP contribution is 2.16. The van der Waals surface area contributed by atoms with E-state index in [1.807, 2.05) is 0 Å². The zero-order chi connectivity index (χ0) is 15.8. The van der Waals surface area contributed by atoms with Crippen LogP contribution in [-0.2, 0) is 11.2 Å². The number of hydrogen-bond acceptors (Lipinski definition) is 5. The normalized spacial score (nSPS) is 10.6. The molecule has 7 heteroatoms. The van der Waals surface area contributed by atoms with Gasteiger partial charge in [0, 0.05) is 31.6 Å².